The maximum atomic E-state index is 12.4. The van der Waals surface area contributed by atoms with Crippen molar-refractivity contribution in [3.8, 4) is 0 Å². The molecule has 0 bridgehead atoms. The highest BCUT2D eigenvalue weighted by Crippen LogP contribution is 2.28. The summed E-state index contributed by atoms with van der Waals surface area (Å²) < 4.78 is 22.6. The summed E-state index contributed by atoms with van der Waals surface area (Å²) >= 11 is 0.943. The lowest BCUT2D eigenvalue weighted by Crippen LogP contribution is -2.22. The molecule has 1 heterocycles. The van der Waals surface area contributed by atoms with E-state index in [4.69, 9.17) is 5.14 Å². The second-order valence-electron chi connectivity index (χ2n) is 5.93. The van der Waals surface area contributed by atoms with Crippen molar-refractivity contribution >= 4 is 44.3 Å². The molecule has 3 rings (SSSR count). The molecule has 0 saturated carbocycles. The van der Waals surface area contributed by atoms with Crippen LogP contribution in [-0.2, 0) is 16.6 Å². The first-order valence-corrected chi connectivity index (χ1v) is 10.6. The van der Waals surface area contributed by atoms with Crippen molar-refractivity contribution < 1.29 is 18.1 Å². The minimum Gasteiger partial charge on any atom is -0.350 e. The summed E-state index contributed by atoms with van der Waals surface area (Å²) in [7, 11) is -3.79. The number of nitro groups is 1. The van der Waals surface area contributed by atoms with Crippen molar-refractivity contribution in [1.82, 2.24) is 5.32 Å². The van der Waals surface area contributed by atoms with Crippen LogP contribution in [-0.4, -0.2) is 19.2 Å². The molecule has 0 saturated heterocycles. The van der Waals surface area contributed by atoms with Gasteiger partial charge in [-0.1, -0.05) is 18.2 Å². The molecule has 0 spiro atoms. The number of para-hydroxylation sites is 1. The third-order valence-corrected chi connectivity index (χ3v) is 6.37. The van der Waals surface area contributed by atoms with Gasteiger partial charge in [0.1, 0.15) is 9.90 Å². The molecule has 0 unspecified atom stereocenters. The van der Waals surface area contributed by atoms with E-state index in [1.165, 1.54) is 24.3 Å². The Labute approximate surface area is 170 Å². The number of carbonyl (C=O) groups is 1. The van der Waals surface area contributed by atoms with Crippen molar-refractivity contribution in [2.75, 3.05) is 5.32 Å². The van der Waals surface area contributed by atoms with Crippen LogP contribution in [0.15, 0.2) is 64.9 Å². The number of nitro benzene ring substituents is 1. The predicted molar refractivity (Wildman–Crippen MR) is 110 cm³/mol. The number of nitrogens with two attached hydrogens (primary N) is 1. The minimum atomic E-state index is -3.79. The van der Waals surface area contributed by atoms with Crippen LogP contribution in [0, 0.1) is 10.1 Å². The molecule has 0 aliphatic heterocycles. The van der Waals surface area contributed by atoms with Gasteiger partial charge in [0.25, 0.3) is 11.6 Å². The van der Waals surface area contributed by atoms with Gasteiger partial charge in [-0.15, -0.1) is 11.3 Å². The fourth-order valence-electron chi connectivity index (χ4n) is 2.48. The lowest BCUT2D eigenvalue weighted by atomic mass is 10.1. The highest BCUT2D eigenvalue weighted by Gasteiger charge is 2.18. The highest BCUT2D eigenvalue weighted by molar-refractivity contribution is 7.91. The Kier molecular flexibility index (Phi) is 5.92. The lowest BCUT2D eigenvalue weighted by molar-refractivity contribution is -0.383. The molecule has 150 valence electrons. The highest BCUT2D eigenvalue weighted by atomic mass is 32.2. The number of nitrogens with one attached hydrogen (secondary N) is 2. The first-order chi connectivity index (χ1) is 13.7. The van der Waals surface area contributed by atoms with E-state index in [0.717, 1.165) is 11.3 Å². The van der Waals surface area contributed by atoms with Crippen molar-refractivity contribution in [3.63, 3.8) is 0 Å². The van der Waals surface area contributed by atoms with E-state index in [1.54, 1.807) is 30.3 Å². The lowest BCUT2D eigenvalue weighted by Gasteiger charge is -2.09. The zero-order valence-corrected chi connectivity index (χ0v) is 16.5. The van der Waals surface area contributed by atoms with Crippen LogP contribution in [0.3, 0.4) is 0 Å². The quantitative estimate of drug-likeness (QED) is 0.387. The number of benzene rings is 2. The van der Waals surface area contributed by atoms with Gasteiger partial charge in [0.15, 0.2) is 0 Å². The van der Waals surface area contributed by atoms with E-state index in [1.807, 2.05) is 6.07 Å². The molecule has 2 aromatic carbocycles. The van der Waals surface area contributed by atoms with Crippen molar-refractivity contribution in [3.05, 3.63) is 81.2 Å². The molecule has 9 nitrogen and oxygen atoms in total. The van der Waals surface area contributed by atoms with E-state index in [9.17, 15) is 23.3 Å². The van der Waals surface area contributed by atoms with Crippen LogP contribution in [0.2, 0.25) is 0 Å². The van der Waals surface area contributed by atoms with Gasteiger partial charge < -0.3 is 10.6 Å². The number of hydrogen-bond donors (Lipinski definition) is 3. The molecule has 3 aromatic rings. The largest absolute Gasteiger partial charge is 0.350 e. The van der Waals surface area contributed by atoms with E-state index in [2.05, 4.69) is 10.6 Å². The molecule has 11 heteroatoms. The first-order valence-electron chi connectivity index (χ1n) is 8.24. The smallest absolute Gasteiger partial charge is 0.293 e. The third kappa shape index (κ3) is 5.16. The number of primary sulfonamides is 1. The van der Waals surface area contributed by atoms with E-state index >= 15 is 0 Å². The van der Waals surface area contributed by atoms with Gasteiger partial charge >= 0.3 is 0 Å². The zero-order chi connectivity index (χ0) is 21.0. The SMILES string of the molecule is NS(=O)(=O)c1ccc(CNC(=O)c2ccc(Nc3ccccc3)c([N+](=O)[O-])c2)s1. The molecular weight excluding hydrogens is 416 g/mol. The molecule has 0 aliphatic carbocycles. The number of hydrogen-bond acceptors (Lipinski definition) is 7. The average Bonchev–Trinajstić information content (AvgIpc) is 3.16. The van der Waals surface area contributed by atoms with Crippen LogP contribution >= 0.6 is 11.3 Å². The molecule has 0 atom stereocenters. The minimum absolute atomic E-state index is 0.00581. The fraction of sp³-hybridized carbons (Fsp3) is 0.0556. The Bertz CT molecular complexity index is 1160. The number of anilines is 2. The van der Waals surface area contributed by atoms with Crippen LogP contribution in [0.4, 0.5) is 17.1 Å². The predicted octanol–water partition coefficient (Wildman–Crippen LogP) is 2.98. The standard InChI is InChI=1S/C18H16N4O5S2/c19-29(26,27)17-9-7-14(28-17)11-20-18(23)12-6-8-15(16(10-12)22(24)25)21-13-4-2-1-3-5-13/h1-10,21H,11H2,(H,20,23)(H2,19,26,27). The molecule has 1 aromatic heterocycles. The molecule has 0 radical (unpaired) electrons. The van der Waals surface area contributed by atoms with Gasteiger partial charge in [0.05, 0.1) is 11.5 Å². The maximum Gasteiger partial charge on any atom is 0.293 e. The normalized spacial score (nSPS) is 11.1. The van der Waals surface area contributed by atoms with E-state index < -0.39 is 20.9 Å². The van der Waals surface area contributed by atoms with Crippen molar-refractivity contribution in [2.24, 2.45) is 5.14 Å². The summed E-state index contributed by atoms with van der Waals surface area (Å²) in [5.41, 5.74) is 0.803. The number of carbonyl (C=O) groups excluding carboxylic acids is 1. The number of thiophene rings is 1. The van der Waals surface area contributed by atoms with Gasteiger partial charge in [-0.3, -0.25) is 14.9 Å². The van der Waals surface area contributed by atoms with Gasteiger partial charge in [0, 0.05) is 22.2 Å². The molecule has 0 fully saturated rings. The molecule has 4 N–H and O–H groups in total. The second kappa shape index (κ2) is 8.39. The van der Waals surface area contributed by atoms with Gasteiger partial charge in [-0.05, 0) is 36.4 Å². The van der Waals surface area contributed by atoms with Crippen LogP contribution in [0.5, 0.6) is 0 Å². The topological polar surface area (TPSA) is 144 Å². The number of sulfonamides is 1. The molecule has 29 heavy (non-hydrogen) atoms. The summed E-state index contributed by atoms with van der Waals surface area (Å²) in [5, 5.41) is 22.0. The monoisotopic (exact) mass is 432 g/mol. The summed E-state index contributed by atoms with van der Waals surface area (Å²) in [6.45, 7) is 0.0663. The second-order valence-corrected chi connectivity index (χ2v) is 8.89. The van der Waals surface area contributed by atoms with Gasteiger partial charge in [-0.25, -0.2) is 13.6 Å². The Morgan fingerprint density at radius 2 is 1.83 bits per heavy atom. The molecular formula is C18H16N4O5S2. The summed E-state index contributed by atoms with van der Waals surface area (Å²) in [5.74, 6) is -0.523. The van der Waals surface area contributed by atoms with Gasteiger partial charge in [0.2, 0.25) is 10.0 Å². The van der Waals surface area contributed by atoms with Crippen LogP contribution in [0.1, 0.15) is 15.2 Å². The van der Waals surface area contributed by atoms with Gasteiger partial charge in [-0.2, -0.15) is 0 Å². The first kappa shape index (κ1) is 20.5. The van der Waals surface area contributed by atoms with Crippen molar-refractivity contribution in [2.45, 2.75) is 10.8 Å². The Morgan fingerprint density at radius 1 is 1.10 bits per heavy atom. The van der Waals surface area contributed by atoms with Crippen LogP contribution in [0.25, 0.3) is 0 Å². The van der Waals surface area contributed by atoms with E-state index in [0.29, 0.717) is 10.6 Å². The molecule has 1 amide bonds. The van der Waals surface area contributed by atoms with Crippen LogP contribution < -0.4 is 15.8 Å². The Balaban J connectivity index is 1.74. The average molecular weight is 432 g/mol. The summed E-state index contributed by atoms with van der Waals surface area (Å²) in [6, 6.07) is 16.0. The van der Waals surface area contributed by atoms with E-state index in [-0.39, 0.29) is 27.7 Å². The molecule has 0 aliphatic rings. The van der Waals surface area contributed by atoms with Crippen molar-refractivity contribution in [1.29, 1.82) is 0 Å². The zero-order valence-electron chi connectivity index (χ0n) is 14.9. The number of nitrogens with zero attached hydrogens (tertiary/aromatic N) is 1. The summed E-state index contributed by atoms with van der Waals surface area (Å²) in [6.07, 6.45) is 0. The summed E-state index contributed by atoms with van der Waals surface area (Å²) in [4.78, 5) is 23.8. The Morgan fingerprint density at radius 3 is 2.45 bits per heavy atom. The number of rotatable bonds is 7. The fourth-order valence-corrected chi connectivity index (χ4v) is 4.20. The maximum absolute atomic E-state index is 12.4. The third-order valence-electron chi connectivity index (χ3n) is 3.85. The Hall–Kier alpha value is -3.28. The number of amides is 1.